The Kier molecular flexibility index (Phi) is 6.14. The van der Waals surface area contributed by atoms with Crippen molar-refractivity contribution in [1.82, 2.24) is 9.97 Å². The second-order valence-corrected chi connectivity index (χ2v) is 8.65. The van der Waals surface area contributed by atoms with Crippen molar-refractivity contribution in [2.24, 2.45) is 0 Å². The molecule has 1 aliphatic rings. The zero-order chi connectivity index (χ0) is 21.4. The van der Waals surface area contributed by atoms with Gasteiger partial charge in [-0.15, -0.1) is 24.0 Å². The predicted octanol–water partition coefficient (Wildman–Crippen LogP) is 6.65. The fraction of sp³-hybridized carbons (Fsp3) is 0.148. The molecule has 0 fully saturated rings. The Morgan fingerprint density at radius 2 is 1.47 bits per heavy atom. The zero-order valence-corrected chi connectivity index (χ0v) is 20.7. The molecule has 3 aromatic carbocycles. The summed E-state index contributed by atoms with van der Waals surface area (Å²) >= 11 is 0. The molecule has 1 aliphatic heterocycles. The van der Waals surface area contributed by atoms with Crippen LogP contribution in [0.15, 0.2) is 85.2 Å². The van der Waals surface area contributed by atoms with Gasteiger partial charge >= 0.3 is 0 Å². The van der Waals surface area contributed by atoms with Crippen LogP contribution < -0.4 is 9.80 Å². The van der Waals surface area contributed by atoms with Crippen LogP contribution in [-0.2, 0) is 25.5 Å². The molecule has 5 heteroatoms. The van der Waals surface area contributed by atoms with Crippen molar-refractivity contribution in [1.29, 1.82) is 0 Å². The van der Waals surface area contributed by atoms with Gasteiger partial charge in [-0.1, -0.05) is 63.2 Å². The van der Waals surface area contributed by atoms with E-state index >= 15 is 0 Å². The third-order valence-corrected chi connectivity index (χ3v) is 5.47. The number of nitrogens with zero attached hydrogens (tertiary/aromatic N) is 4. The maximum Gasteiger partial charge on any atom is 0.145 e. The molecule has 4 aromatic rings. The topological polar surface area (TPSA) is 32.3 Å². The van der Waals surface area contributed by atoms with Gasteiger partial charge in [-0.05, 0) is 28.7 Å². The maximum absolute atomic E-state index is 4.62. The Morgan fingerprint density at radius 3 is 2.19 bits per heavy atom. The van der Waals surface area contributed by atoms with Crippen molar-refractivity contribution in [3.05, 3.63) is 103 Å². The molecular formula is C27H24IrN4-2. The molecule has 1 aromatic heterocycles. The first-order valence-corrected chi connectivity index (χ1v) is 10.4. The van der Waals surface area contributed by atoms with Crippen molar-refractivity contribution in [2.75, 3.05) is 9.80 Å². The quantitative estimate of drug-likeness (QED) is 0.248. The van der Waals surface area contributed by atoms with Crippen LogP contribution in [0.5, 0.6) is 0 Å². The van der Waals surface area contributed by atoms with Crippen molar-refractivity contribution >= 4 is 23.0 Å². The minimum absolute atomic E-state index is 0. The maximum atomic E-state index is 4.62. The zero-order valence-electron chi connectivity index (χ0n) is 18.3. The average Bonchev–Trinajstić information content (AvgIpc) is 3.19. The molecule has 163 valence electrons. The van der Waals surface area contributed by atoms with Crippen LogP contribution >= 0.6 is 0 Å². The van der Waals surface area contributed by atoms with Crippen LogP contribution in [0.2, 0.25) is 0 Å². The van der Waals surface area contributed by atoms with Crippen LogP contribution in [0, 0.1) is 12.7 Å². The largest absolute Gasteiger partial charge is 0.477 e. The summed E-state index contributed by atoms with van der Waals surface area (Å²) in [6.45, 7) is 8.78. The fourth-order valence-electron chi connectivity index (χ4n) is 3.99. The van der Waals surface area contributed by atoms with Crippen LogP contribution in [0.25, 0.3) is 11.1 Å². The van der Waals surface area contributed by atoms with Gasteiger partial charge in [-0.2, -0.15) is 18.2 Å². The molecule has 0 amide bonds. The van der Waals surface area contributed by atoms with E-state index in [4.69, 9.17) is 0 Å². The number of rotatable bonds is 3. The second kappa shape index (κ2) is 8.85. The Hall–Kier alpha value is -3.01. The molecule has 0 N–H and O–H groups in total. The van der Waals surface area contributed by atoms with E-state index in [1.54, 1.807) is 12.4 Å². The number of benzene rings is 3. The first-order valence-electron chi connectivity index (χ1n) is 10.4. The molecule has 4 nitrogen and oxygen atoms in total. The van der Waals surface area contributed by atoms with E-state index in [-0.39, 0.29) is 25.5 Å². The van der Waals surface area contributed by atoms with Crippen LogP contribution in [-0.4, -0.2) is 9.97 Å². The van der Waals surface area contributed by atoms with Gasteiger partial charge in [0.15, 0.2) is 0 Å². The smallest absolute Gasteiger partial charge is 0.145 e. The molecule has 32 heavy (non-hydrogen) atoms. The van der Waals surface area contributed by atoms with E-state index in [9.17, 15) is 0 Å². The van der Waals surface area contributed by atoms with E-state index in [0.29, 0.717) is 0 Å². The Morgan fingerprint density at radius 1 is 0.812 bits per heavy atom. The number of anilines is 4. The van der Waals surface area contributed by atoms with Gasteiger partial charge < -0.3 is 9.80 Å². The number of hydrogen-bond acceptors (Lipinski definition) is 4. The van der Waals surface area contributed by atoms with E-state index in [1.807, 2.05) is 30.9 Å². The normalized spacial score (nSPS) is 13.0. The molecular weight excluding hydrogens is 573 g/mol. The van der Waals surface area contributed by atoms with Gasteiger partial charge in [0.2, 0.25) is 0 Å². The molecule has 1 radical (unpaired) electrons. The van der Waals surface area contributed by atoms with E-state index < -0.39 is 0 Å². The molecule has 0 spiro atoms. The number of fused-ring (bicyclic) bond motifs is 1. The first-order chi connectivity index (χ1) is 15.0. The minimum Gasteiger partial charge on any atom is -0.477 e. The van der Waals surface area contributed by atoms with Crippen LogP contribution in [0.4, 0.5) is 23.0 Å². The average molecular weight is 597 g/mol. The summed E-state index contributed by atoms with van der Waals surface area (Å²) in [6.07, 6.45) is 3.46. The van der Waals surface area contributed by atoms with Crippen molar-refractivity contribution in [3.8, 4) is 11.1 Å². The first kappa shape index (κ1) is 22.2. The summed E-state index contributed by atoms with van der Waals surface area (Å²) < 4.78 is 0. The van der Waals surface area contributed by atoms with Crippen molar-refractivity contribution in [3.63, 3.8) is 0 Å². The van der Waals surface area contributed by atoms with E-state index in [2.05, 4.69) is 95.1 Å². The summed E-state index contributed by atoms with van der Waals surface area (Å²) in [7, 11) is 0. The molecule has 0 unspecified atom stereocenters. The monoisotopic (exact) mass is 597 g/mol. The van der Waals surface area contributed by atoms with Gasteiger partial charge in [-0.3, -0.25) is 0 Å². The molecule has 0 bridgehead atoms. The molecule has 0 saturated heterocycles. The van der Waals surface area contributed by atoms with Gasteiger partial charge in [0.1, 0.15) is 11.6 Å². The third-order valence-electron chi connectivity index (χ3n) is 5.47. The molecule has 5 rings (SSSR count). The van der Waals surface area contributed by atoms with Gasteiger partial charge in [0, 0.05) is 38.2 Å². The Balaban J connectivity index is 0.00000245. The van der Waals surface area contributed by atoms with Crippen molar-refractivity contribution in [2.45, 2.75) is 26.2 Å². The fourth-order valence-corrected chi connectivity index (χ4v) is 3.99. The summed E-state index contributed by atoms with van der Waals surface area (Å²) in [5, 5.41) is 0. The molecule has 2 heterocycles. The Labute approximate surface area is 203 Å². The minimum atomic E-state index is 0. The Bertz CT molecular complexity index is 1220. The second-order valence-electron chi connectivity index (χ2n) is 8.65. The van der Waals surface area contributed by atoms with Gasteiger partial charge in [-0.25, -0.2) is 9.97 Å². The SMILES string of the molecule is CC(C)(C)c1ccccc1-c1cc[c-]c(N2[CH-]N(c3ccccc3)c3nccnc32)c1.[Ir]. The summed E-state index contributed by atoms with van der Waals surface area (Å²) in [5.41, 5.74) is 5.75. The predicted molar refractivity (Wildman–Crippen MR) is 126 cm³/mol. The van der Waals surface area contributed by atoms with Crippen LogP contribution in [0.1, 0.15) is 26.3 Å². The summed E-state index contributed by atoms with van der Waals surface area (Å²) in [4.78, 5) is 13.3. The summed E-state index contributed by atoms with van der Waals surface area (Å²) in [5.74, 6) is 1.60. The number of hydrogen-bond donors (Lipinski definition) is 0. The van der Waals surface area contributed by atoms with E-state index in [0.717, 1.165) is 28.6 Å². The molecule has 0 aliphatic carbocycles. The summed E-state index contributed by atoms with van der Waals surface area (Å²) in [6, 6.07) is 28.5. The number of para-hydroxylation sites is 1. The third kappa shape index (κ3) is 4.06. The van der Waals surface area contributed by atoms with Crippen LogP contribution in [0.3, 0.4) is 0 Å². The van der Waals surface area contributed by atoms with E-state index in [1.165, 1.54) is 11.1 Å². The standard InChI is InChI=1S/C27H24N4.Ir/c1-27(2,3)24-15-8-7-14-23(24)20-10-9-13-22(18-20)31-19-30(21-11-5-4-6-12-21)25-26(31)29-17-16-28-25;/h4-12,14-19H,1-3H3;/q-2;. The van der Waals surface area contributed by atoms with Gasteiger partial charge in [0.05, 0.1) is 0 Å². The molecule has 0 atom stereocenters. The molecule has 0 saturated carbocycles. The number of aromatic nitrogens is 2. The van der Waals surface area contributed by atoms with Crippen molar-refractivity contribution < 1.29 is 20.1 Å². The van der Waals surface area contributed by atoms with Gasteiger partial charge in [0.25, 0.3) is 0 Å².